The number of pyridine rings is 1. The Balaban J connectivity index is 1.87. The molecule has 0 aliphatic rings. The number of aromatic nitrogens is 4. The maximum atomic E-state index is 12.3. The summed E-state index contributed by atoms with van der Waals surface area (Å²) in [6.07, 6.45) is 4.86. The molecule has 0 radical (unpaired) electrons. The Morgan fingerprint density at radius 1 is 1.29 bits per heavy atom. The number of nitrogens with zero attached hydrogens (tertiary/aromatic N) is 4. The number of hydrogen-bond donors (Lipinski definition) is 1. The second-order valence-corrected chi connectivity index (χ2v) is 6.47. The van der Waals surface area contributed by atoms with Gasteiger partial charge < -0.3 is 0 Å². The molecule has 0 fully saturated rings. The lowest BCUT2D eigenvalue weighted by atomic mass is 10.2. The van der Waals surface area contributed by atoms with Crippen LogP contribution in [0, 0.1) is 6.92 Å². The standard InChI is InChI=1S/C13H15N5O2S/c1-10-13(9-15-17(10)2)21(19,20)16-8-11-4-3-7-18-12(11)5-6-14-18/h3-7,9,16H,8H2,1-2H3. The van der Waals surface area contributed by atoms with E-state index in [4.69, 9.17) is 0 Å². The van der Waals surface area contributed by atoms with E-state index in [-0.39, 0.29) is 11.4 Å². The zero-order chi connectivity index (χ0) is 15.0. The molecule has 8 heteroatoms. The van der Waals surface area contributed by atoms with Crippen LogP contribution >= 0.6 is 0 Å². The van der Waals surface area contributed by atoms with Crippen LogP contribution in [0.4, 0.5) is 0 Å². The molecule has 0 aliphatic heterocycles. The van der Waals surface area contributed by atoms with Crippen molar-refractivity contribution in [2.45, 2.75) is 18.4 Å². The molecule has 0 amide bonds. The van der Waals surface area contributed by atoms with E-state index in [1.54, 1.807) is 24.7 Å². The summed E-state index contributed by atoms with van der Waals surface area (Å²) < 4.78 is 30.5. The number of hydrogen-bond acceptors (Lipinski definition) is 4. The van der Waals surface area contributed by atoms with E-state index in [1.807, 2.05) is 24.4 Å². The third-order valence-electron chi connectivity index (χ3n) is 3.46. The number of sulfonamides is 1. The Morgan fingerprint density at radius 2 is 2.10 bits per heavy atom. The van der Waals surface area contributed by atoms with Gasteiger partial charge in [0.15, 0.2) is 0 Å². The summed E-state index contributed by atoms with van der Waals surface area (Å²) in [5.41, 5.74) is 2.34. The van der Waals surface area contributed by atoms with Crippen molar-refractivity contribution in [2.24, 2.45) is 7.05 Å². The SMILES string of the molecule is Cc1c(S(=O)(=O)NCc2cccn3nccc23)cnn1C. The van der Waals surface area contributed by atoms with Gasteiger partial charge in [0.1, 0.15) is 4.90 Å². The lowest BCUT2D eigenvalue weighted by Gasteiger charge is -2.07. The minimum atomic E-state index is -3.58. The monoisotopic (exact) mass is 305 g/mol. The Morgan fingerprint density at radius 3 is 2.81 bits per heavy atom. The second kappa shape index (κ2) is 4.97. The Labute approximate surface area is 122 Å². The highest BCUT2D eigenvalue weighted by atomic mass is 32.2. The first-order valence-electron chi connectivity index (χ1n) is 6.38. The summed E-state index contributed by atoms with van der Waals surface area (Å²) in [7, 11) is -1.87. The Kier molecular flexibility index (Phi) is 3.26. The summed E-state index contributed by atoms with van der Waals surface area (Å²) in [5, 5.41) is 8.09. The molecule has 0 unspecified atom stereocenters. The van der Waals surface area contributed by atoms with E-state index in [9.17, 15) is 8.42 Å². The van der Waals surface area contributed by atoms with Gasteiger partial charge in [0, 0.05) is 26.0 Å². The van der Waals surface area contributed by atoms with Crippen molar-refractivity contribution in [3.63, 3.8) is 0 Å². The molecule has 0 saturated heterocycles. The van der Waals surface area contributed by atoms with Gasteiger partial charge >= 0.3 is 0 Å². The first-order valence-corrected chi connectivity index (χ1v) is 7.87. The smallest absolute Gasteiger partial charge is 0.244 e. The largest absolute Gasteiger partial charge is 0.272 e. The van der Waals surface area contributed by atoms with Crippen molar-refractivity contribution in [1.82, 2.24) is 24.1 Å². The van der Waals surface area contributed by atoms with Crippen molar-refractivity contribution in [2.75, 3.05) is 0 Å². The molecule has 110 valence electrons. The average Bonchev–Trinajstić information content (AvgIpc) is 3.05. The van der Waals surface area contributed by atoms with Crippen LogP contribution < -0.4 is 4.72 Å². The summed E-state index contributed by atoms with van der Waals surface area (Å²) in [4.78, 5) is 0.199. The van der Waals surface area contributed by atoms with Crippen LogP contribution in [0.15, 0.2) is 41.7 Å². The van der Waals surface area contributed by atoms with Crippen LogP contribution in [0.5, 0.6) is 0 Å². The minimum absolute atomic E-state index is 0.199. The molecule has 3 rings (SSSR count). The van der Waals surface area contributed by atoms with E-state index in [2.05, 4.69) is 14.9 Å². The van der Waals surface area contributed by atoms with Gasteiger partial charge in [-0.2, -0.15) is 10.2 Å². The molecular weight excluding hydrogens is 290 g/mol. The van der Waals surface area contributed by atoms with Gasteiger partial charge in [-0.15, -0.1) is 0 Å². The van der Waals surface area contributed by atoms with E-state index in [0.29, 0.717) is 5.69 Å². The molecule has 3 heterocycles. The number of rotatable bonds is 4. The molecule has 21 heavy (non-hydrogen) atoms. The molecule has 0 atom stereocenters. The minimum Gasteiger partial charge on any atom is -0.272 e. The van der Waals surface area contributed by atoms with E-state index < -0.39 is 10.0 Å². The lowest BCUT2D eigenvalue weighted by molar-refractivity contribution is 0.580. The van der Waals surface area contributed by atoms with Crippen LogP contribution in [0.3, 0.4) is 0 Å². The maximum Gasteiger partial charge on any atom is 0.244 e. The number of aryl methyl sites for hydroxylation is 1. The van der Waals surface area contributed by atoms with E-state index in [0.717, 1.165) is 11.1 Å². The zero-order valence-electron chi connectivity index (χ0n) is 11.7. The molecule has 0 saturated carbocycles. The molecule has 7 nitrogen and oxygen atoms in total. The fourth-order valence-corrected chi connectivity index (χ4v) is 3.36. The Bertz CT molecular complexity index is 894. The zero-order valence-corrected chi connectivity index (χ0v) is 12.5. The van der Waals surface area contributed by atoms with Crippen LogP contribution in [0.1, 0.15) is 11.3 Å². The maximum absolute atomic E-state index is 12.3. The van der Waals surface area contributed by atoms with Gasteiger partial charge in [0.2, 0.25) is 10.0 Å². The summed E-state index contributed by atoms with van der Waals surface area (Å²) in [6, 6.07) is 5.55. The van der Waals surface area contributed by atoms with Crippen molar-refractivity contribution in [3.8, 4) is 0 Å². The van der Waals surface area contributed by atoms with Crippen molar-refractivity contribution >= 4 is 15.5 Å². The lowest BCUT2D eigenvalue weighted by Crippen LogP contribution is -2.24. The summed E-state index contributed by atoms with van der Waals surface area (Å²) in [6.45, 7) is 1.92. The fourth-order valence-electron chi connectivity index (χ4n) is 2.16. The molecule has 0 aliphatic carbocycles. The van der Waals surface area contributed by atoms with Crippen molar-refractivity contribution in [1.29, 1.82) is 0 Å². The molecule has 1 N–H and O–H groups in total. The number of nitrogens with one attached hydrogen (secondary N) is 1. The Hall–Kier alpha value is -2.19. The predicted octanol–water partition coefficient (Wildman–Crippen LogP) is 0.855. The highest BCUT2D eigenvalue weighted by Crippen LogP contribution is 2.15. The predicted molar refractivity (Wildman–Crippen MR) is 77.2 cm³/mol. The van der Waals surface area contributed by atoms with Crippen LogP contribution in [-0.4, -0.2) is 27.8 Å². The summed E-state index contributed by atoms with van der Waals surface area (Å²) in [5.74, 6) is 0. The summed E-state index contributed by atoms with van der Waals surface area (Å²) >= 11 is 0. The van der Waals surface area contributed by atoms with Gasteiger partial charge in [0.05, 0.1) is 17.4 Å². The number of fused-ring (bicyclic) bond motifs is 1. The first kappa shape index (κ1) is 13.8. The highest BCUT2D eigenvalue weighted by molar-refractivity contribution is 7.89. The molecule has 0 bridgehead atoms. The molecule has 0 aromatic carbocycles. The van der Waals surface area contributed by atoms with Gasteiger partial charge in [-0.3, -0.25) is 4.68 Å². The van der Waals surface area contributed by atoms with Gasteiger partial charge in [0.25, 0.3) is 0 Å². The third-order valence-corrected chi connectivity index (χ3v) is 4.96. The van der Waals surface area contributed by atoms with Crippen LogP contribution in [-0.2, 0) is 23.6 Å². The third kappa shape index (κ3) is 2.43. The highest BCUT2D eigenvalue weighted by Gasteiger charge is 2.19. The van der Waals surface area contributed by atoms with Crippen LogP contribution in [0.25, 0.3) is 5.52 Å². The van der Waals surface area contributed by atoms with Gasteiger partial charge in [-0.05, 0) is 24.6 Å². The fraction of sp³-hybridized carbons (Fsp3) is 0.231. The van der Waals surface area contributed by atoms with E-state index in [1.165, 1.54) is 10.9 Å². The molecule has 3 aromatic rings. The van der Waals surface area contributed by atoms with Crippen LogP contribution in [0.2, 0.25) is 0 Å². The molecule has 0 spiro atoms. The topological polar surface area (TPSA) is 81.3 Å². The van der Waals surface area contributed by atoms with Crippen molar-refractivity contribution < 1.29 is 8.42 Å². The quantitative estimate of drug-likeness (QED) is 0.775. The second-order valence-electron chi connectivity index (χ2n) is 4.74. The van der Waals surface area contributed by atoms with Gasteiger partial charge in [-0.1, -0.05) is 6.07 Å². The van der Waals surface area contributed by atoms with Gasteiger partial charge in [-0.25, -0.2) is 17.7 Å². The molecule has 3 aromatic heterocycles. The van der Waals surface area contributed by atoms with Crippen molar-refractivity contribution in [3.05, 3.63) is 48.0 Å². The molecular formula is C13H15N5O2S. The normalized spacial score (nSPS) is 12.1. The van der Waals surface area contributed by atoms with E-state index >= 15 is 0 Å². The average molecular weight is 305 g/mol. The first-order chi connectivity index (χ1) is 9.99.